The molecule has 1 aromatic carbocycles. The number of benzene rings is 1. The van der Waals surface area contributed by atoms with E-state index in [-0.39, 0.29) is 0 Å². The average Bonchev–Trinajstić information content (AvgIpc) is 2.26. The van der Waals surface area contributed by atoms with E-state index in [0.29, 0.717) is 0 Å². The Morgan fingerprint density at radius 1 is 1.13 bits per heavy atom. The van der Waals surface area contributed by atoms with Crippen LogP contribution in [-0.4, -0.2) is 31.6 Å². The summed E-state index contributed by atoms with van der Waals surface area (Å²) in [6.45, 7) is 3.81. The minimum absolute atomic E-state index is 0.768. The largest absolute Gasteiger partial charge is 0.375 e. The van der Waals surface area contributed by atoms with Gasteiger partial charge in [0.1, 0.15) is 0 Å². The van der Waals surface area contributed by atoms with Crippen LogP contribution in [0.15, 0.2) is 24.3 Å². The van der Waals surface area contributed by atoms with Gasteiger partial charge in [0.25, 0.3) is 0 Å². The monoisotopic (exact) mass is 205 g/mol. The van der Waals surface area contributed by atoms with Crippen molar-refractivity contribution in [3.8, 4) is 0 Å². The quantitative estimate of drug-likeness (QED) is 0.643. The Balaban J connectivity index is 2.08. The summed E-state index contributed by atoms with van der Waals surface area (Å²) in [5.41, 5.74) is 2.81. The van der Waals surface area contributed by atoms with Crippen LogP contribution in [0.2, 0.25) is 0 Å². The first-order valence-electron chi connectivity index (χ1n) is 5.69. The molecule has 0 aromatic heterocycles. The molecule has 0 fully saturated rings. The second kappa shape index (κ2) is 5.29. The van der Waals surface area contributed by atoms with Crippen LogP contribution >= 0.6 is 0 Å². The van der Waals surface area contributed by atoms with E-state index in [1.807, 2.05) is 0 Å². The van der Waals surface area contributed by atoms with Crippen LogP contribution in [0.1, 0.15) is 17.5 Å². The zero-order valence-electron chi connectivity index (χ0n) is 9.41. The Hall–Kier alpha value is -0.860. The topological polar surface area (TPSA) is 12.5 Å². The Kier molecular flexibility index (Phi) is 3.75. The van der Waals surface area contributed by atoms with E-state index in [4.69, 9.17) is 4.74 Å². The maximum Gasteiger partial charge on any atom is 0.0720 e. The highest BCUT2D eigenvalue weighted by molar-refractivity contribution is 5.26. The van der Waals surface area contributed by atoms with Gasteiger partial charge in [-0.15, -0.1) is 0 Å². The van der Waals surface area contributed by atoms with Gasteiger partial charge in [0.2, 0.25) is 0 Å². The van der Waals surface area contributed by atoms with E-state index >= 15 is 0 Å². The smallest absolute Gasteiger partial charge is 0.0720 e. The molecule has 0 saturated heterocycles. The molecule has 2 heteroatoms. The van der Waals surface area contributed by atoms with E-state index in [0.717, 1.165) is 26.3 Å². The van der Waals surface area contributed by atoms with Crippen molar-refractivity contribution in [1.29, 1.82) is 0 Å². The maximum atomic E-state index is 5.67. The number of hydrogen-bond acceptors (Lipinski definition) is 2. The third-order valence-electron chi connectivity index (χ3n) is 2.98. The Bertz CT molecular complexity index is 311. The van der Waals surface area contributed by atoms with Gasteiger partial charge in [0, 0.05) is 6.54 Å². The van der Waals surface area contributed by atoms with Crippen LogP contribution < -0.4 is 0 Å². The lowest BCUT2D eigenvalue weighted by molar-refractivity contribution is 0.0969. The van der Waals surface area contributed by atoms with Gasteiger partial charge in [-0.05, 0) is 37.6 Å². The molecule has 0 unspecified atom stereocenters. The van der Waals surface area contributed by atoms with E-state index in [1.165, 1.54) is 24.0 Å². The zero-order chi connectivity index (χ0) is 10.5. The van der Waals surface area contributed by atoms with Gasteiger partial charge in [0.15, 0.2) is 0 Å². The standard InChI is InChI=1S/C13H19NO/c1-14-8-4-7-12-5-2-3-6-13(12)11-15-10-9-14/h2-3,5-6H,4,7-11H2,1H3. The Morgan fingerprint density at radius 2 is 1.93 bits per heavy atom. The molecule has 1 heterocycles. The van der Waals surface area contributed by atoms with Crippen molar-refractivity contribution in [2.24, 2.45) is 0 Å². The van der Waals surface area contributed by atoms with Crippen LogP contribution in [0.25, 0.3) is 0 Å². The van der Waals surface area contributed by atoms with Crippen molar-refractivity contribution in [2.75, 3.05) is 26.7 Å². The fraction of sp³-hybridized carbons (Fsp3) is 0.538. The Morgan fingerprint density at radius 3 is 2.80 bits per heavy atom. The molecule has 0 amide bonds. The molecule has 2 rings (SSSR count). The normalized spacial score (nSPS) is 19.5. The molecule has 1 aromatic rings. The lowest BCUT2D eigenvalue weighted by atomic mass is 10.0. The SMILES string of the molecule is CN1CCCc2ccccc2COCC1. The number of fused-ring (bicyclic) bond motifs is 1. The highest BCUT2D eigenvalue weighted by Gasteiger charge is 2.06. The van der Waals surface area contributed by atoms with Gasteiger partial charge in [-0.25, -0.2) is 0 Å². The molecule has 0 atom stereocenters. The van der Waals surface area contributed by atoms with Gasteiger partial charge in [-0.1, -0.05) is 24.3 Å². The minimum atomic E-state index is 0.768. The number of rotatable bonds is 0. The molecule has 1 aliphatic rings. The molecule has 0 bridgehead atoms. The van der Waals surface area contributed by atoms with Gasteiger partial charge in [0.05, 0.1) is 13.2 Å². The summed E-state index contributed by atoms with van der Waals surface area (Å²) in [5.74, 6) is 0. The molecule has 0 N–H and O–H groups in total. The Labute approximate surface area is 91.9 Å². The van der Waals surface area contributed by atoms with Gasteiger partial charge in [-0.3, -0.25) is 0 Å². The third kappa shape index (κ3) is 3.05. The van der Waals surface area contributed by atoms with Gasteiger partial charge >= 0.3 is 0 Å². The number of ether oxygens (including phenoxy) is 1. The van der Waals surface area contributed by atoms with Crippen molar-refractivity contribution < 1.29 is 4.74 Å². The molecular formula is C13H19NO. The first kappa shape index (κ1) is 10.7. The zero-order valence-corrected chi connectivity index (χ0v) is 9.41. The highest BCUT2D eigenvalue weighted by Crippen LogP contribution is 2.13. The number of aryl methyl sites for hydroxylation is 1. The summed E-state index contributed by atoms with van der Waals surface area (Å²) < 4.78 is 5.67. The second-order valence-corrected chi connectivity index (χ2v) is 4.23. The third-order valence-corrected chi connectivity index (χ3v) is 2.98. The van der Waals surface area contributed by atoms with Crippen molar-refractivity contribution >= 4 is 0 Å². The summed E-state index contributed by atoms with van der Waals surface area (Å²) in [6, 6.07) is 8.62. The summed E-state index contributed by atoms with van der Waals surface area (Å²) in [4.78, 5) is 2.34. The molecule has 0 saturated carbocycles. The molecule has 0 spiro atoms. The van der Waals surface area contributed by atoms with E-state index < -0.39 is 0 Å². The predicted octanol–water partition coefficient (Wildman–Crippen LogP) is 2.08. The second-order valence-electron chi connectivity index (χ2n) is 4.23. The molecular weight excluding hydrogens is 186 g/mol. The fourth-order valence-electron chi connectivity index (χ4n) is 2.00. The van der Waals surface area contributed by atoms with E-state index in [2.05, 4.69) is 36.2 Å². The predicted molar refractivity (Wildman–Crippen MR) is 61.9 cm³/mol. The van der Waals surface area contributed by atoms with Gasteiger partial charge in [-0.2, -0.15) is 0 Å². The van der Waals surface area contributed by atoms with Crippen molar-refractivity contribution in [1.82, 2.24) is 4.90 Å². The summed E-state index contributed by atoms with van der Waals surface area (Å²) in [7, 11) is 2.16. The van der Waals surface area contributed by atoms with Crippen LogP contribution in [0.4, 0.5) is 0 Å². The number of hydrogen-bond donors (Lipinski definition) is 0. The van der Waals surface area contributed by atoms with Crippen molar-refractivity contribution in [2.45, 2.75) is 19.4 Å². The minimum Gasteiger partial charge on any atom is -0.375 e. The molecule has 0 radical (unpaired) electrons. The van der Waals surface area contributed by atoms with Crippen molar-refractivity contribution in [3.05, 3.63) is 35.4 Å². The van der Waals surface area contributed by atoms with Crippen LogP contribution in [0, 0.1) is 0 Å². The molecule has 0 aliphatic carbocycles. The molecule has 82 valence electrons. The van der Waals surface area contributed by atoms with Crippen molar-refractivity contribution in [3.63, 3.8) is 0 Å². The average molecular weight is 205 g/mol. The first-order chi connectivity index (χ1) is 7.36. The highest BCUT2D eigenvalue weighted by atomic mass is 16.5. The first-order valence-corrected chi connectivity index (χ1v) is 5.69. The summed E-state index contributed by atoms with van der Waals surface area (Å²) >= 11 is 0. The fourth-order valence-corrected chi connectivity index (χ4v) is 2.00. The molecule has 2 nitrogen and oxygen atoms in total. The van der Waals surface area contributed by atoms with Crippen LogP contribution in [-0.2, 0) is 17.8 Å². The molecule has 15 heavy (non-hydrogen) atoms. The summed E-state index contributed by atoms with van der Waals surface area (Å²) in [5, 5.41) is 0. The number of nitrogens with zero attached hydrogens (tertiary/aromatic N) is 1. The van der Waals surface area contributed by atoms with E-state index in [9.17, 15) is 0 Å². The lowest BCUT2D eigenvalue weighted by Crippen LogP contribution is -2.25. The van der Waals surface area contributed by atoms with Crippen LogP contribution in [0.3, 0.4) is 0 Å². The maximum absolute atomic E-state index is 5.67. The lowest BCUT2D eigenvalue weighted by Gasteiger charge is -2.19. The van der Waals surface area contributed by atoms with Gasteiger partial charge < -0.3 is 9.64 Å². The number of likely N-dealkylation sites (N-methyl/N-ethyl adjacent to an activating group) is 1. The van der Waals surface area contributed by atoms with E-state index in [1.54, 1.807) is 0 Å². The van der Waals surface area contributed by atoms with Crippen LogP contribution in [0.5, 0.6) is 0 Å². The summed E-state index contributed by atoms with van der Waals surface area (Å²) in [6.07, 6.45) is 2.41. The molecule has 1 aliphatic heterocycles.